The summed E-state index contributed by atoms with van der Waals surface area (Å²) >= 11 is 0. The third-order valence-corrected chi connectivity index (χ3v) is 8.32. The van der Waals surface area contributed by atoms with Crippen LogP contribution in [0.4, 0.5) is 0 Å². The zero-order valence-corrected chi connectivity index (χ0v) is 26.2. The number of carboxylic acid groups (broad SMARTS) is 2. The molecule has 0 radical (unpaired) electrons. The highest BCUT2D eigenvalue weighted by atomic mass is 16.5. The van der Waals surface area contributed by atoms with Gasteiger partial charge in [0.25, 0.3) is 24.8 Å². The highest BCUT2D eigenvalue weighted by Crippen LogP contribution is 2.29. The molecule has 2 amide bonds. The molecular weight excluding hydrogens is 612 g/mol. The summed E-state index contributed by atoms with van der Waals surface area (Å²) in [6.07, 6.45) is 2.01. The van der Waals surface area contributed by atoms with E-state index in [0.29, 0.717) is 43.1 Å². The Bertz CT molecular complexity index is 1820. The van der Waals surface area contributed by atoms with Crippen molar-refractivity contribution in [2.75, 3.05) is 39.3 Å². The number of para-hydroxylation sites is 1. The molecule has 0 bridgehead atoms. The lowest BCUT2D eigenvalue weighted by Crippen LogP contribution is -2.63. The van der Waals surface area contributed by atoms with Gasteiger partial charge >= 0.3 is 0 Å². The predicted molar refractivity (Wildman–Crippen MR) is 180 cm³/mol. The van der Waals surface area contributed by atoms with Crippen LogP contribution in [-0.4, -0.2) is 99.4 Å². The number of hydrogen-bond acceptors (Lipinski definition) is 6. The second-order valence-corrected chi connectivity index (χ2v) is 11.1. The van der Waals surface area contributed by atoms with Gasteiger partial charge in [0.15, 0.2) is 0 Å². The number of nitrogens with zero attached hydrogens (tertiary/aromatic N) is 4. The van der Waals surface area contributed by atoms with Gasteiger partial charge in [0.05, 0.1) is 16.8 Å². The van der Waals surface area contributed by atoms with E-state index in [4.69, 9.17) is 24.5 Å². The summed E-state index contributed by atoms with van der Waals surface area (Å²) in [6, 6.07) is 35.2. The zero-order valence-electron chi connectivity index (χ0n) is 26.2. The molecular formula is C37H36N4O7. The van der Waals surface area contributed by atoms with Gasteiger partial charge in [-0.2, -0.15) is 0 Å². The van der Waals surface area contributed by atoms with E-state index in [1.165, 1.54) is 0 Å². The third-order valence-electron chi connectivity index (χ3n) is 8.32. The average Bonchev–Trinajstić information content (AvgIpc) is 3.52. The fourth-order valence-electron chi connectivity index (χ4n) is 6.12. The molecule has 0 spiro atoms. The molecule has 11 nitrogen and oxygen atoms in total. The fourth-order valence-corrected chi connectivity index (χ4v) is 6.12. The van der Waals surface area contributed by atoms with Crippen LogP contribution in [0.3, 0.4) is 0 Å². The minimum atomic E-state index is -0.250. The standard InChI is InChI=1S/C35H32N4O3.2CH2O2/c40-34(27-14-16-30(17-15-27)42-29-11-5-2-6-12-29)37-21-19-36-20-22-38(25-28(36)24-37)35(41)31-23-33(26-9-3-1-4-10-26)39-18-8-7-13-32(31)39;2*2-1-3/h1-18,23,28H,19-22,24-25H2;2*1H,(H,2,3). The third kappa shape index (κ3) is 7.71. The average molecular weight is 649 g/mol. The molecule has 7 rings (SSSR count). The Morgan fingerprint density at radius 2 is 1.21 bits per heavy atom. The lowest BCUT2D eigenvalue weighted by atomic mass is 10.1. The van der Waals surface area contributed by atoms with Crippen molar-refractivity contribution in [2.24, 2.45) is 0 Å². The van der Waals surface area contributed by atoms with Gasteiger partial charge in [-0.05, 0) is 60.2 Å². The number of amides is 2. The molecule has 2 aliphatic heterocycles. The van der Waals surface area contributed by atoms with Crippen LogP contribution in [0.1, 0.15) is 20.7 Å². The molecule has 3 aromatic carbocycles. The Labute approximate surface area is 277 Å². The highest BCUT2D eigenvalue weighted by Gasteiger charge is 2.36. The monoisotopic (exact) mass is 648 g/mol. The Morgan fingerprint density at radius 1 is 0.667 bits per heavy atom. The molecule has 4 heterocycles. The number of ether oxygens (including phenoxy) is 1. The maximum Gasteiger partial charge on any atom is 0.290 e. The molecule has 48 heavy (non-hydrogen) atoms. The van der Waals surface area contributed by atoms with Crippen LogP contribution in [0, 0.1) is 0 Å². The summed E-state index contributed by atoms with van der Waals surface area (Å²) in [4.78, 5) is 50.4. The minimum Gasteiger partial charge on any atom is -0.483 e. The van der Waals surface area contributed by atoms with E-state index in [1.54, 1.807) is 0 Å². The molecule has 2 saturated heterocycles. The summed E-state index contributed by atoms with van der Waals surface area (Å²) in [7, 11) is 0. The molecule has 2 fully saturated rings. The topological polar surface area (TPSA) is 132 Å². The van der Waals surface area contributed by atoms with Crippen LogP contribution < -0.4 is 4.74 Å². The van der Waals surface area contributed by atoms with Crippen molar-refractivity contribution in [2.45, 2.75) is 6.04 Å². The Hall–Kier alpha value is -5.94. The smallest absolute Gasteiger partial charge is 0.290 e. The first-order valence-electron chi connectivity index (χ1n) is 15.4. The number of carbonyl (C=O) groups excluding carboxylic acids is 2. The van der Waals surface area contributed by atoms with Gasteiger partial charge in [0.1, 0.15) is 11.5 Å². The molecule has 2 aromatic heterocycles. The van der Waals surface area contributed by atoms with E-state index in [0.717, 1.165) is 35.6 Å². The molecule has 0 aliphatic carbocycles. The number of rotatable bonds is 5. The van der Waals surface area contributed by atoms with Gasteiger partial charge in [-0.15, -0.1) is 0 Å². The largest absolute Gasteiger partial charge is 0.483 e. The van der Waals surface area contributed by atoms with Crippen molar-refractivity contribution in [1.82, 2.24) is 19.1 Å². The number of pyridine rings is 1. The maximum absolute atomic E-state index is 13.9. The predicted octanol–water partition coefficient (Wildman–Crippen LogP) is 5.08. The lowest BCUT2D eigenvalue weighted by Gasteiger charge is -2.47. The molecule has 5 aromatic rings. The van der Waals surface area contributed by atoms with Gasteiger partial charge in [-0.25, -0.2) is 0 Å². The quantitative estimate of drug-likeness (QED) is 0.252. The summed E-state index contributed by atoms with van der Waals surface area (Å²) in [5, 5.41) is 13.8. The van der Waals surface area contributed by atoms with E-state index in [2.05, 4.69) is 21.4 Å². The normalized spacial score (nSPS) is 15.5. The van der Waals surface area contributed by atoms with Crippen molar-refractivity contribution >= 4 is 30.3 Å². The first kappa shape index (κ1) is 33.4. The summed E-state index contributed by atoms with van der Waals surface area (Å²) in [6.45, 7) is 3.66. The lowest BCUT2D eigenvalue weighted by molar-refractivity contribution is -0.123. The van der Waals surface area contributed by atoms with Crippen LogP contribution in [-0.2, 0) is 9.59 Å². The molecule has 0 saturated carbocycles. The van der Waals surface area contributed by atoms with Crippen LogP contribution in [0.25, 0.3) is 16.8 Å². The number of hydrogen-bond donors (Lipinski definition) is 2. The van der Waals surface area contributed by atoms with Gasteiger partial charge in [-0.1, -0.05) is 54.6 Å². The second kappa shape index (κ2) is 16.1. The molecule has 246 valence electrons. The van der Waals surface area contributed by atoms with Gasteiger partial charge < -0.3 is 29.2 Å². The minimum absolute atomic E-state index is 0.00953. The summed E-state index contributed by atoms with van der Waals surface area (Å²) in [5.41, 5.74) is 4.33. The molecule has 11 heteroatoms. The van der Waals surface area contributed by atoms with E-state index in [-0.39, 0.29) is 30.8 Å². The molecule has 1 atom stereocenters. The Morgan fingerprint density at radius 3 is 1.83 bits per heavy atom. The van der Waals surface area contributed by atoms with E-state index < -0.39 is 0 Å². The van der Waals surface area contributed by atoms with Crippen molar-refractivity contribution in [1.29, 1.82) is 0 Å². The fraction of sp³-hybridized carbons (Fsp3) is 0.189. The Kier molecular flexibility index (Phi) is 11.2. The van der Waals surface area contributed by atoms with Gasteiger partial charge in [0, 0.05) is 57.1 Å². The second-order valence-electron chi connectivity index (χ2n) is 11.1. The summed E-state index contributed by atoms with van der Waals surface area (Å²) < 4.78 is 7.98. The summed E-state index contributed by atoms with van der Waals surface area (Å²) in [5.74, 6) is 1.50. The maximum atomic E-state index is 13.9. The van der Waals surface area contributed by atoms with Gasteiger partial charge in [0.2, 0.25) is 0 Å². The van der Waals surface area contributed by atoms with Crippen molar-refractivity contribution in [3.8, 4) is 22.8 Å². The first-order valence-corrected chi connectivity index (χ1v) is 15.4. The first-order chi connectivity index (χ1) is 23.5. The van der Waals surface area contributed by atoms with E-state index in [1.807, 2.05) is 113 Å². The SMILES string of the molecule is O=C(c1ccc(Oc2ccccc2)cc1)N1CCN2CCN(C(=O)c3cc(-c4ccccc4)n4ccccc34)CC2C1.O=CO.O=CO. The van der Waals surface area contributed by atoms with Crippen molar-refractivity contribution in [3.63, 3.8) is 0 Å². The Balaban J connectivity index is 0.000000701. The van der Waals surface area contributed by atoms with Crippen LogP contribution in [0.5, 0.6) is 11.5 Å². The highest BCUT2D eigenvalue weighted by molar-refractivity contribution is 6.03. The number of benzene rings is 3. The van der Waals surface area contributed by atoms with Crippen LogP contribution >= 0.6 is 0 Å². The molecule has 2 aliphatic rings. The van der Waals surface area contributed by atoms with E-state index >= 15 is 0 Å². The molecule has 1 unspecified atom stereocenters. The number of fused-ring (bicyclic) bond motifs is 2. The number of piperazine rings is 2. The van der Waals surface area contributed by atoms with Gasteiger partial charge in [-0.3, -0.25) is 24.1 Å². The molecule has 2 N–H and O–H groups in total. The number of carbonyl (C=O) groups is 4. The van der Waals surface area contributed by atoms with E-state index in [9.17, 15) is 9.59 Å². The van der Waals surface area contributed by atoms with Crippen LogP contribution in [0.2, 0.25) is 0 Å². The van der Waals surface area contributed by atoms with Crippen molar-refractivity contribution in [3.05, 3.63) is 127 Å². The van der Waals surface area contributed by atoms with Crippen LogP contribution in [0.15, 0.2) is 115 Å². The zero-order chi connectivity index (χ0) is 33.9. The van der Waals surface area contributed by atoms with Crippen molar-refractivity contribution < 1.29 is 34.1 Å². The number of aromatic nitrogens is 1.